The Balaban J connectivity index is 1.94. The summed E-state index contributed by atoms with van der Waals surface area (Å²) in [5.74, 6) is 0. The zero-order chi connectivity index (χ0) is 8.81. The summed E-state index contributed by atoms with van der Waals surface area (Å²) in [5, 5.41) is 7.03. The smallest absolute Gasteiger partial charge is 0.00796 e. The fourth-order valence-corrected chi connectivity index (χ4v) is 1.65. The third-order valence-corrected chi connectivity index (χ3v) is 2.76. The molecule has 2 atom stereocenters. The Kier molecular flexibility index (Phi) is 4.62. The minimum Gasteiger partial charge on any atom is -0.314 e. The van der Waals surface area contributed by atoms with Gasteiger partial charge in [0.25, 0.3) is 0 Å². The lowest BCUT2D eigenvalue weighted by molar-refractivity contribution is 0.476. The van der Waals surface area contributed by atoms with Crippen LogP contribution in [0.5, 0.6) is 0 Å². The van der Waals surface area contributed by atoms with Crippen LogP contribution in [0.2, 0.25) is 0 Å². The molecule has 2 N–H and O–H groups in total. The lowest BCUT2D eigenvalue weighted by atomic mass is 10.1. The fraction of sp³-hybridized carbons (Fsp3) is 1.00. The quantitative estimate of drug-likeness (QED) is 0.653. The molecule has 0 bridgehead atoms. The number of rotatable bonds is 5. The number of hydrogen-bond donors (Lipinski definition) is 2. The molecule has 0 spiro atoms. The second kappa shape index (κ2) is 5.55. The summed E-state index contributed by atoms with van der Waals surface area (Å²) in [5.41, 5.74) is 0. The van der Waals surface area contributed by atoms with Crippen LogP contribution in [-0.2, 0) is 0 Å². The molecule has 12 heavy (non-hydrogen) atoms. The molecule has 1 rings (SSSR count). The van der Waals surface area contributed by atoms with Crippen LogP contribution >= 0.6 is 0 Å². The molecule has 0 saturated carbocycles. The molecule has 0 aliphatic carbocycles. The van der Waals surface area contributed by atoms with Crippen LogP contribution in [0.25, 0.3) is 0 Å². The molecular weight excluding hydrogens is 148 g/mol. The van der Waals surface area contributed by atoms with Gasteiger partial charge in [0.2, 0.25) is 0 Å². The SMILES string of the molecule is CCC(C)NCCC1CCCN1. The van der Waals surface area contributed by atoms with Crippen LogP contribution in [0.1, 0.15) is 39.5 Å². The van der Waals surface area contributed by atoms with Crippen LogP contribution in [0.4, 0.5) is 0 Å². The van der Waals surface area contributed by atoms with Gasteiger partial charge in [0.15, 0.2) is 0 Å². The van der Waals surface area contributed by atoms with Crippen LogP contribution in [0.3, 0.4) is 0 Å². The van der Waals surface area contributed by atoms with Gasteiger partial charge in [0.1, 0.15) is 0 Å². The van der Waals surface area contributed by atoms with Gasteiger partial charge < -0.3 is 10.6 Å². The van der Waals surface area contributed by atoms with Gasteiger partial charge in [-0.3, -0.25) is 0 Å². The third-order valence-electron chi connectivity index (χ3n) is 2.76. The van der Waals surface area contributed by atoms with Crippen molar-refractivity contribution in [1.82, 2.24) is 10.6 Å². The van der Waals surface area contributed by atoms with E-state index in [1.165, 1.54) is 38.8 Å². The first-order valence-corrected chi connectivity index (χ1v) is 5.29. The van der Waals surface area contributed by atoms with Gasteiger partial charge >= 0.3 is 0 Å². The lowest BCUT2D eigenvalue weighted by Crippen LogP contribution is -2.31. The molecule has 1 saturated heterocycles. The Morgan fingerprint density at radius 2 is 2.42 bits per heavy atom. The van der Waals surface area contributed by atoms with Gasteiger partial charge in [-0.2, -0.15) is 0 Å². The third kappa shape index (κ3) is 3.55. The Labute approximate surface area is 76.1 Å². The van der Waals surface area contributed by atoms with E-state index in [0.717, 1.165) is 6.04 Å². The number of hydrogen-bond acceptors (Lipinski definition) is 2. The summed E-state index contributed by atoms with van der Waals surface area (Å²) in [4.78, 5) is 0. The van der Waals surface area contributed by atoms with Crippen molar-refractivity contribution in [2.45, 2.75) is 51.6 Å². The molecule has 72 valence electrons. The molecule has 0 aromatic carbocycles. The minimum absolute atomic E-state index is 0.686. The first-order valence-electron chi connectivity index (χ1n) is 5.29. The van der Waals surface area contributed by atoms with Gasteiger partial charge in [-0.25, -0.2) is 0 Å². The van der Waals surface area contributed by atoms with Crippen molar-refractivity contribution in [3.63, 3.8) is 0 Å². The maximum atomic E-state index is 3.52. The van der Waals surface area contributed by atoms with E-state index in [1.807, 2.05) is 0 Å². The summed E-state index contributed by atoms with van der Waals surface area (Å²) in [6, 6.07) is 1.48. The highest BCUT2D eigenvalue weighted by Gasteiger charge is 2.12. The second-order valence-electron chi connectivity index (χ2n) is 3.85. The van der Waals surface area contributed by atoms with Crippen molar-refractivity contribution >= 4 is 0 Å². The van der Waals surface area contributed by atoms with Crippen molar-refractivity contribution in [3.05, 3.63) is 0 Å². The molecule has 1 aliphatic heterocycles. The maximum absolute atomic E-state index is 3.52. The molecule has 0 amide bonds. The molecule has 1 heterocycles. The highest BCUT2D eigenvalue weighted by molar-refractivity contribution is 4.75. The second-order valence-corrected chi connectivity index (χ2v) is 3.85. The van der Waals surface area contributed by atoms with Gasteiger partial charge in [0.05, 0.1) is 0 Å². The zero-order valence-electron chi connectivity index (χ0n) is 8.40. The lowest BCUT2D eigenvalue weighted by Gasteiger charge is -2.14. The first kappa shape index (κ1) is 10.0. The van der Waals surface area contributed by atoms with E-state index in [0.29, 0.717) is 6.04 Å². The van der Waals surface area contributed by atoms with E-state index in [9.17, 15) is 0 Å². The molecule has 2 unspecified atom stereocenters. The van der Waals surface area contributed by atoms with Crippen molar-refractivity contribution in [2.24, 2.45) is 0 Å². The highest BCUT2D eigenvalue weighted by atomic mass is 15.0. The molecule has 1 aliphatic rings. The Hall–Kier alpha value is -0.0800. The van der Waals surface area contributed by atoms with Gasteiger partial charge in [-0.15, -0.1) is 0 Å². The first-order chi connectivity index (χ1) is 5.83. The number of nitrogens with one attached hydrogen (secondary N) is 2. The molecule has 2 heteroatoms. The maximum Gasteiger partial charge on any atom is 0.00796 e. The summed E-state index contributed by atoms with van der Waals surface area (Å²) in [7, 11) is 0. The summed E-state index contributed by atoms with van der Waals surface area (Å²) in [6.45, 7) is 6.88. The molecule has 0 aromatic heterocycles. The van der Waals surface area contributed by atoms with Crippen molar-refractivity contribution in [1.29, 1.82) is 0 Å². The van der Waals surface area contributed by atoms with E-state index in [2.05, 4.69) is 24.5 Å². The van der Waals surface area contributed by atoms with Crippen LogP contribution < -0.4 is 10.6 Å². The highest BCUT2D eigenvalue weighted by Crippen LogP contribution is 2.07. The van der Waals surface area contributed by atoms with Crippen LogP contribution in [-0.4, -0.2) is 25.2 Å². The Morgan fingerprint density at radius 3 is 3.00 bits per heavy atom. The van der Waals surface area contributed by atoms with Gasteiger partial charge in [0, 0.05) is 12.1 Å². The zero-order valence-corrected chi connectivity index (χ0v) is 8.40. The average Bonchev–Trinajstić information content (AvgIpc) is 2.57. The Morgan fingerprint density at radius 1 is 1.58 bits per heavy atom. The van der Waals surface area contributed by atoms with Crippen LogP contribution in [0, 0.1) is 0 Å². The summed E-state index contributed by atoms with van der Waals surface area (Å²) in [6.07, 6.45) is 5.28. The van der Waals surface area contributed by atoms with E-state index in [4.69, 9.17) is 0 Å². The van der Waals surface area contributed by atoms with Crippen LogP contribution in [0.15, 0.2) is 0 Å². The van der Waals surface area contributed by atoms with E-state index < -0.39 is 0 Å². The molecule has 2 nitrogen and oxygen atoms in total. The van der Waals surface area contributed by atoms with E-state index in [-0.39, 0.29) is 0 Å². The molecule has 1 fully saturated rings. The van der Waals surface area contributed by atoms with E-state index in [1.54, 1.807) is 0 Å². The van der Waals surface area contributed by atoms with Gasteiger partial charge in [-0.1, -0.05) is 6.92 Å². The van der Waals surface area contributed by atoms with Crippen molar-refractivity contribution in [3.8, 4) is 0 Å². The molecular formula is C10H22N2. The topological polar surface area (TPSA) is 24.1 Å². The fourth-order valence-electron chi connectivity index (χ4n) is 1.65. The normalized spacial score (nSPS) is 26.0. The molecule has 0 radical (unpaired) electrons. The Bertz CT molecular complexity index is 108. The molecule has 0 aromatic rings. The summed E-state index contributed by atoms with van der Waals surface area (Å²) < 4.78 is 0. The van der Waals surface area contributed by atoms with E-state index >= 15 is 0 Å². The summed E-state index contributed by atoms with van der Waals surface area (Å²) >= 11 is 0. The monoisotopic (exact) mass is 170 g/mol. The van der Waals surface area contributed by atoms with Crippen molar-refractivity contribution < 1.29 is 0 Å². The average molecular weight is 170 g/mol. The predicted molar refractivity (Wildman–Crippen MR) is 53.4 cm³/mol. The minimum atomic E-state index is 0.686. The predicted octanol–water partition coefficient (Wildman–Crippen LogP) is 1.52. The van der Waals surface area contributed by atoms with Gasteiger partial charge in [-0.05, 0) is 45.7 Å². The largest absolute Gasteiger partial charge is 0.314 e. The standard InChI is InChI=1S/C10H22N2/c1-3-9(2)11-8-6-10-5-4-7-12-10/h9-12H,3-8H2,1-2H3. The van der Waals surface area contributed by atoms with Crippen molar-refractivity contribution in [2.75, 3.05) is 13.1 Å².